The fraction of sp³-hybridized carbons (Fsp3) is 0.714. The van der Waals surface area contributed by atoms with Crippen LogP contribution in [-0.2, 0) is 0 Å². The molecule has 23 heavy (non-hydrogen) atoms. The molecule has 136 valence electrons. The molecule has 0 N–H and O–H groups in total. The normalized spacial score (nSPS) is 26.1. The lowest BCUT2D eigenvalue weighted by Gasteiger charge is -2.52. The van der Waals surface area contributed by atoms with E-state index in [0.717, 1.165) is 0 Å². The van der Waals surface area contributed by atoms with E-state index in [1.165, 1.54) is 0 Å². The van der Waals surface area contributed by atoms with E-state index < -0.39 is 52.3 Å². The summed E-state index contributed by atoms with van der Waals surface area (Å²) in [6.45, 7) is 0. The van der Waals surface area contributed by atoms with Gasteiger partial charge in [0.15, 0.2) is 0 Å². The maximum Gasteiger partial charge on any atom is 0.470 e. The monoisotopic (exact) mass is 378 g/mol. The van der Waals surface area contributed by atoms with Gasteiger partial charge in [-0.05, 0) is 0 Å². The van der Waals surface area contributed by atoms with E-state index in [-0.39, 0.29) is 0 Å². The summed E-state index contributed by atoms with van der Waals surface area (Å²) in [5, 5.41) is 0. The van der Waals surface area contributed by atoms with E-state index >= 15 is 0 Å². The van der Waals surface area contributed by atoms with Crippen LogP contribution in [-0.4, -0.2) is 40.3 Å². The Morgan fingerprint density at radius 1 is 0.609 bits per heavy atom. The quantitative estimate of drug-likeness (QED) is 0.489. The molecule has 0 aromatic rings. The van der Waals surface area contributed by atoms with Crippen molar-refractivity contribution in [1.82, 2.24) is 9.80 Å². The molecule has 1 rings (SSSR count). The predicted molar refractivity (Wildman–Crippen MR) is 39.9 cm³/mol. The highest BCUT2D eigenvalue weighted by molar-refractivity contribution is 5.10. The van der Waals surface area contributed by atoms with E-state index in [0.29, 0.717) is 0 Å². The van der Waals surface area contributed by atoms with Gasteiger partial charge in [-0.15, -0.1) is 0 Å². The van der Waals surface area contributed by atoms with Crippen molar-refractivity contribution in [1.29, 1.82) is 0 Å². The van der Waals surface area contributed by atoms with Crippen LogP contribution in [0.15, 0.2) is 12.0 Å². The van der Waals surface area contributed by atoms with E-state index in [4.69, 9.17) is 0 Å². The first kappa shape index (κ1) is 19.6. The van der Waals surface area contributed by atoms with E-state index in [1.807, 2.05) is 0 Å². The molecule has 0 amide bonds. The SMILES string of the molecule is FC(F)=C(F)N1C(F)(F)C(F)(F)N(C(F)(F)F)C(F)(F)C1(F)F. The molecule has 1 fully saturated rings. The minimum atomic E-state index is -7.23. The third-order valence-electron chi connectivity index (χ3n) is 2.45. The molecule has 0 aromatic heterocycles. The van der Waals surface area contributed by atoms with Crippen molar-refractivity contribution in [2.24, 2.45) is 0 Å². The predicted octanol–water partition coefficient (Wildman–Crippen LogP) is 4.53. The molecule has 0 bridgehead atoms. The van der Waals surface area contributed by atoms with Gasteiger partial charge in [-0.2, -0.15) is 61.5 Å². The molecule has 0 radical (unpaired) electrons. The zero-order chi connectivity index (χ0) is 18.8. The number of halogens is 14. The molecule has 1 saturated heterocycles. The summed E-state index contributed by atoms with van der Waals surface area (Å²) < 4.78 is 177. The number of alkyl halides is 11. The van der Waals surface area contributed by atoms with Gasteiger partial charge in [0.2, 0.25) is 0 Å². The Balaban J connectivity index is 3.82. The number of hydrogen-bond donors (Lipinski definition) is 0. The standard InChI is InChI=1S/C7F14N2/c8-1(9)2(10)22-3(11,12)5(15,16)23(7(19,20)21)6(17,18)4(22,13)14. The van der Waals surface area contributed by atoms with Gasteiger partial charge in [0.25, 0.3) is 5.95 Å². The van der Waals surface area contributed by atoms with Crippen LogP contribution in [0, 0.1) is 0 Å². The Labute approximate surface area is 115 Å². The number of nitrogens with zero attached hydrogens (tertiary/aromatic N) is 2. The van der Waals surface area contributed by atoms with Gasteiger partial charge in [-0.1, -0.05) is 4.90 Å². The maximum atomic E-state index is 13.1. The van der Waals surface area contributed by atoms with Gasteiger partial charge in [0, 0.05) is 0 Å². The molecule has 0 saturated carbocycles. The van der Waals surface area contributed by atoms with Gasteiger partial charge in [0.05, 0.1) is 0 Å². The van der Waals surface area contributed by atoms with Crippen LogP contribution in [0.4, 0.5) is 61.5 Å². The Morgan fingerprint density at radius 2 is 0.913 bits per heavy atom. The Kier molecular flexibility index (Phi) is 4.05. The van der Waals surface area contributed by atoms with E-state index in [2.05, 4.69) is 0 Å². The molecule has 0 aliphatic carbocycles. The minimum absolute atomic E-state index is 3.39. The van der Waals surface area contributed by atoms with Crippen LogP contribution in [0.5, 0.6) is 0 Å². The van der Waals surface area contributed by atoms with Crippen LogP contribution < -0.4 is 0 Å². The number of rotatable bonds is 1. The van der Waals surface area contributed by atoms with Crippen molar-refractivity contribution in [3.05, 3.63) is 12.0 Å². The summed E-state index contributed by atoms with van der Waals surface area (Å²) in [6, 6.07) is -28.7. The highest BCUT2D eigenvalue weighted by Gasteiger charge is 2.90. The van der Waals surface area contributed by atoms with Crippen LogP contribution in [0.3, 0.4) is 0 Å². The highest BCUT2D eigenvalue weighted by atomic mass is 19.4. The van der Waals surface area contributed by atoms with Crippen molar-refractivity contribution in [2.75, 3.05) is 0 Å². The fourth-order valence-electron chi connectivity index (χ4n) is 1.54. The van der Waals surface area contributed by atoms with Crippen molar-refractivity contribution >= 4 is 0 Å². The smallest absolute Gasteiger partial charge is 0.210 e. The second-order valence-corrected chi connectivity index (χ2v) is 3.85. The zero-order valence-electron chi connectivity index (χ0n) is 9.69. The molecule has 0 unspecified atom stereocenters. The average molecular weight is 378 g/mol. The topological polar surface area (TPSA) is 6.48 Å². The van der Waals surface area contributed by atoms with Gasteiger partial charge in [-0.3, -0.25) is 0 Å². The molecule has 1 heterocycles. The van der Waals surface area contributed by atoms with Crippen LogP contribution in [0.2, 0.25) is 0 Å². The van der Waals surface area contributed by atoms with Crippen molar-refractivity contribution in [2.45, 2.75) is 30.5 Å². The van der Waals surface area contributed by atoms with Crippen LogP contribution in [0.25, 0.3) is 0 Å². The molecule has 0 spiro atoms. The van der Waals surface area contributed by atoms with E-state index in [9.17, 15) is 61.5 Å². The number of piperazine rings is 1. The maximum absolute atomic E-state index is 13.1. The summed E-state index contributed by atoms with van der Waals surface area (Å²) in [5.74, 6) is -4.25. The third-order valence-corrected chi connectivity index (χ3v) is 2.45. The highest BCUT2D eigenvalue weighted by Crippen LogP contribution is 2.61. The van der Waals surface area contributed by atoms with Crippen LogP contribution >= 0.6 is 0 Å². The second kappa shape index (κ2) is 4.76. The van der Waals surface area contributed by atoms with Gasteiger partial charge in [-0.25, -0.2) is 4.90 Å². The largest absolute Gasteiger partial charge is 0.470 e. The summed E-state index contributed by atoms with van der Waals surface area (Å²) in [6.07, 6.45) is -11.3. The Bertz CT molecular complexity index is 486. The lowest BCUT2D eigenvalue weighted by molar-refractivity contribution is -0.547. The second-order valence-electron chi connectivity index (χ2n) is 3.85. The summed E-state index contributed by atoms with van der Waals surface area (Å²) >= 11 is 0. The summed E-state index contributed by atoms with van der Waals surface area (Å²) in [5.41, 5.74) is 0. The van der Waals surface area contributed by atoms with Crippen LogP contribution in [0.1, 0.15) is 0 Å². The Hall–Kier alpha value is -1.48. The molecular formula is C7F14N2. The molecule has 0 aromatic carbocycles. The lowest BCUT2D eigenvalue weighted by atomic mass is 10.2. The molecule has 0 atom stereocenters. The molecule has 2 nitrogen and oxygen atoms in total. The molecule has 1 aliphatic rings. The first-order valence-electron chi connectivity index (χ1n) is 4.74. The van der Waals surface area contributed by atoms with Gasteiger partial charge >= 0.3 is 36.6 Å². The first-order chi connectivity index (χ1) is 9.84. The van der Waals surface area contributed by atoms with Gasteiger partial charge in [0.1, 0.15) is 0 Å². The molecule has 16 heteroatoms. The summed E-state index contributed by atoms with van der Waals surface area (Å²) in [7, 11) is 0. The fourth-order valence-corrected chi connectivity index (χ4v) is 1.54. The Morgan fingerprint density at radius 3 is 1.13 bits per heavy atom. The van der Waals surface area contributed by atoms with Crippen molar-refractivity contribution in [3.8, 4) is 0 Å². The van der Waals surface area contributed by atoms with Gasteiger partial charge < -0.3 is 0 Å². The minimum Gasteiger partial charge on any atom is -0.210 e. The zero-order valence-corrected chi connectivity index (χ0v) is 9.69. The number of hydrogen-bond acceptors (Lipinski definition) is 2. The lowest BCUT2D eigenvalue weighted by Crippen LogP contribution is -2.82. The molecular weight excluding hydrogens is 378 g/mol. The average Bonchev–Trinajstić information content (AvgIpc) is 2.22. The first-order valence-corrected chi connectivity index (χ1v) is 4.74. The van der Waals surface area contributed by atoms with E-state index in [1.54, 1.807) is 0 Å². The van der Waals surface area contributed by atoms with Crippen molar-refractivity contribution in [3.63, 3.8) is 0 Å². The summed E-state index contributed by atoms with van der Waals surface area (Å²) in [4.78, 5) is -7.22. The van der Waals surface area contributed by atoms with Crippen molar-refractivity contribution < 1.29 is 61.5 Å². The third kappa shape index (κ3) is 2.37. The molecule has 1 aliphatic heterocycles.